The van der Waals surface area contributed by atoms with Gasteiger partial charge in [-0.1, -0.05) is 53.6 Å². The van der Waals surface area contributed by atoms with Crippen molar-refractivity contribution >= 4 is 17.5 Å². The van der Waals surface area contributed by atoms with Crippen LogP contribution < -0.4 is 19.5 Å². The number of nitrogens with one attached hydrogen (secondary N) is 1. The molecule has 4 aromatic carbocycles. The SMILES string of the molecule is COc1ccc(CCNC(=O)[C@]2(Cc3ccccc3N=[N+]=[N-])N=C(c3ccc(OCCCO)cc3)O[C@@H]2c2cccc(OC)c2)cc1. The van der Waals surface area contributed by atoms with Crippen LogP contribution in [0.5, 0.6) is 17.2 Å². The highest BCUT2D eigenvalue weighted by Gasteiger charge is 2.53. The molecule has 0 aliphatic carbocycles. The first kappa shape index (κ1) is 32.9. The molecule has 0 aromatic heterocycles. The van der Waals surface area contributed by atoms with Crippen LogP contribution in [0.2, 0.25) is 0 Å². The average molecular weight is 636 g/mol. The standard InChI is InChI=1S/C36H37N5O6/c1-44-29-15-11-25(12-16-29)19-20-38-35(43)36(24-28-7-3-4-10-32(28)40-41-37)33(27-8-5-9-31(23-27)45-2)47-34(39-36)26-13-17-30(18-14-26)46-22-6-21-42/h3-5,7-18,23,33,42H,6,19-22,24H2,1-2H3,(H,38,43)/t33-,36-/m1/s1. The number of carbonyl (C=O) groups is 1. The van der Waals surface area contributed by atoms with Crippen molar-refractivity contribution in [2.45, 2.75) is 30.9 Å². The fourth-order valence-corrected chi connectivity index (χ4v) is 5.45. The fourth-order valence-electron chi connectivity index (χ4n) is 5.45. The van der Waals surface area contributed by atoms with E-state index < -0.39 is 11.6 Å². The molecule has 0 radical (unpaired) electrons. The minimum absolute atomic E-state index is 0.0431. The molecule has 1 aliphatic heterocycles. The van der Waals surface area contributed by atoms with E-state index >= 15 is 0 Å². The zero-order chi connectivity index (χ0) is 33.1. The zero-order valence-corrected chi connectivity index (χ0v) is 26.3. The normalized spacial score (nSPS) is 16.7. The van der Waals surface area contributed by atoms with Gasteiger partial charge < -0.3 is 29.4 Å². The molecule has 0 fully saturated rings. The summed E-state index contributed by atoms with van der Waals surface area (Å²) < 4.78 is 23.1. The van der Waals surface area contributed by atoms with E-state index in [0.717, 1.165) is 11.3 Å². The third-order valence-corrected chi connectivity index (χ3v) is 7.89. The van der Waals surface area contributed by atoms with Gasteiger partial charge in [0.1, 0.15) is 17.2 Å². The quantitative estimate of drug-likeness (QED) is 0.0682. The summed E-state index contributed by atoms with van der Waals surface area (Å²) in [6.07, 6.45) is 0.339. The maximum absolute atomic E-state index is 14.6. The van der Waals surface area contributed by atoms with Crippen molar-refractivity contribution in [3.8, 4) is 17.2 Å². The maximum Gasteiger partial charge on any atom is 0.252 e. The van der Waals surface area contributed by atoms with Crippen molar-refractivity contribution in [2.75, 3.05) is 34.0 Å². The van der Waals surface area contributed by atoms with E-state index in [-0.39, 0.29) is 24.8 Å². The van der Waals surface area contributed by atoms with Gasteiger partial charge in [-0.2, -0.15) is 0 Å². The van der Waals surface area contributed by atoms with E-state index in [1.165, 1.54) is 0 Å². The van der Waals surface area contributed by atoms with Crippen molar-refractivity contribution in [1.82, 2.24) is 5.32 Å². The first-order valence-corrected chi connectivity index (χ1v) is 15.3. The lowest BCUT2D eigenvalue weighted by Gasteiger charge is -2.31. The van der Waals surface area contributed by atoms with Gasteiger partial charge in [0.25, 0.3) is 5.91 Å². The summed E-state index contributed by atoms with van der Waals surface area (Å²) in [6, 6.07) is 29.4. The van der Waals surface area contributed by atoms with Crippen LogP contribution in [0.3, 0.4) is 0 Å². The summed E-state index contributed by atoms with van der Waals surface area (Å²) in [5, 5.41) is 16.1. The first-order valence-electron chi connectivity index (χ1n) is 15.3. The molecule has 0 saturated carbocycles. The van der Waals surface area contributed by atoms with E-state index in [1.807, 2.05) is 72.8 Å². The number of aliphatic hydroxyl groups is 1. The van der Waals surface area contributed by atoms with E-state index in [0.29, 0.717) is 59.9 Å². The summed E-state index contributed by atoms with van der Waals surface area (Å²) >= 11 is 0. The number of aliphatic hydroxyl groups excluding tert-OH is 1. The molecule has 5 rings (SSSR count). The number of ether oxygens (including phenoxy) is 4. The number of carbonyl (C=O) groups excluding carboxylic acids is 1. The lowest BCUT2D eigenvalue weighted by molar-refractivity contribution is -0.128. The fraction of sp³-hybridized carbons (Fsp3) is 0.278. The van der Waals surface area contributed by atoms with Crippen LogP contribution in [0.1, 0.15) is 34.8 Å². The maximum atomic E-state index is 14.6. The van der Waals surface area contributed by atoms with E-state index in [1.54, 1.807) is 38.5 Å². The number of aliphatic imine (C=N–C) groups is 1. The number of rotatable bonds is 15. The van der Waals surface area contributed by atoms with Gasteiger partial charge in [0, 0.05) is 42.2 Å². The van der Waals surface area contributed by atoms with Crippen LogP contribution in [0, 0.1) is 0 Å². The van der Waals surface area contributed by atoms with Gasteiger partial charge in [-0.25, -0.2) is 4.99 Å². The Balaban J connectivity index is 1.55. The molecule has 11 nitrogen and oxygen atoms in total. The molecular weight excluding hydrogens is 598 g/mol. The van der Waals surface area contributed by atoms with Gasteiger partial charge in [-0.05, 0) is 77.2 Å². The molecule has 1 amide bonds. The van der Waals surface area contributed by atoms with Crippen molar-refractivity contribution in [3.05, 3.63) is 130 Å². The van der Waals surface area contributed by atoms with E-state index in [4.69, 9.17) is 29.0 Å². The van der Waals surface area contributed by atoms with E-state index in [9.17, 15) is 10.3 Å². The third-order valence-electron chi connectivity index (χ3n) is 7.89. The first-order chi connectivity index (χ1) is 23.0. The molecule has 2 N–H and O–H groups in total. The molecule has 0 saturated heterocycles. The van der Waals surface area contributed by atoms with Gasteiger partial charge in [0.15, 0.2) is 11.6 Å². The van der Waals surface area contributed by atoms with Crippen LogP contribution in [0.15, 0.2) is 107 Å². The summed E-state index contributed by atoms with van der Waals surface area (Å²) in [5.41, 5.74) is 11.2. The lowest BCUT2D eigenvalue weighted by atomic mass is 9.81. The number of methoxy groups -OCH3 is 2. The number of amides is 1. The largest absolute Gasteiger partial charge is 0.497 e. The molecule has 2 atom stereocenters. The molecule has 11 heteroatoms. The highest BCUT2D eigenvalue weighted by Crippen LogP contribution is 2.44. The second-order valence-electron chi connectivity index (χ2n) is 10.9. The van der Waals surface area contributed by atoms with Crippen LogP contribution >= 0.6 is 0 Å². The Morgan fingerprint density at radius 2 is 1.72 bits per heavy atom. The third kappa shape index (κ3) is 7.84. The average Bonchev–Trinajstić information content (AvgIpc) is 3.50. The number of benzene rings is 4. The summed E-state index contributed by atoms with van der Waals surface area (Å²) in [7, 11) is 3.20. The van der Waals surface area contributed by atoms with Crippen molar-refractivity contribution in [1.29, 1.82) is 0 Å². The summed E-state index contributed by atoms with van der Waals surface area (Å²) in [5.74, 6) is 1.94. The Morgan fingerprint density at radius 1 is 0.979 bits per heavy atom. The Bertz CT molecular complexity index is 1740. The molecule has 1 aliphatic rings. The number of nitrogens with zero attached hydrogens (tertiary/aromatic N) is 4. The number of hydrogen-bond donors (Lipinski definition) is 2. The Hall–Kier alpha value is -5.51. The monoisotopic (exact) mass is 635 g/mol. The van der Waals surface area contributed by atoms with Crippen LogP contribution in [-0.4, -0.2) is 56.4 Å². The summed E-state index contributed by atoms with van der Waals surface area (Å²) in [6.45, 7) is 0.775. The molecular formula is C36H37N5O6. The van der Waals surface area contributed by atoms with Crippen molar-refractivity contribution < 1.29 is 28.8 Å². The Morgan fingerprint density at radius 3 is 2.45 bits per heavy atom. The van der Waals surface area contributed by atoms with Crippen LogP contribution in [0.4, 0.5) is 5.69 Å². The number of azide groups is 1. The second-order valence-corrected chi connectivity index (χ2v) is 10.9. The van der Waals surface area contributed by atoms with E-state index in [2.05, 4.69) is 15.3 Å². The minimum Gasteiger partial charge on any atom is -0.497 e. The molecule has 1 heterocycles. The molecule has 0 spiro atoms. The molecule has 47 heavy (non-hydrogen) atoms. The summed E-state index contributed by atoms with van der Waals surface area (Å²) in [4.78, 5) is 22.6. The van der Waals surface area contributed by atoms with Crippen LogP contribution in [-0.2, 0) is 22.4 Å². The highest BCUT2D eigenvalue weighted by atomic mass is 16.5. The Labute approximate surface area is 273 Å². The van der Waals surface area contributed by atoms with Gasteiger partial charge >= 0.3 is 0 Å². The second kappa shape index (κ2) is 15.7. The zero-order valence-electron chi connectivity index (χ0n) is 26.3. The van der Waals surface area contributed by atoms with Gasteiger partial charge in [0.05, 0.1) is 20.8 Å². The predicted octanol–water partition coefficient (Wildman–Crippen LogP) is 6.27. The molecule has 242 valence electrons. The lowest BCUT2D eigenvalue weighted by Crippen LogP contribution is -2.50. The smallest absolute Gasteiger partial charge is 0.252 e. The minimum atomic E-state index is -1.49. The van der Waals surface area contributed by atoms with Crippen molar-refractivity contribution in [2.24, 2.45) is 10.1 Å². The van der Waals surface area contributed by atoms with Gasteiger partial charge in [0.2, 0.25) is 5.90 Å². The van der Waals surface area contributed by atoms with Crippen LogP contribution in [0.25, 0.3) is 10.4 Å². The Kier molecular flexibility index (Phi) is 11.0. The molecule has 0 bridgehead atoms. The highest BCUT2D eigenvalue weighted by molar-refractivity contribution is 6.01. The molecule has 4 aromatic rings. The van der Waals surface area contributed by atoms with Gasteiger partial charge in [-0.15, -0.1) is 0 Å². The van der Waals surface area contributed by atoms with Crippen molar-refractivity contribution in [3.63, 3.8) is 0 Å². The topological polar surface area (TPSA) is 147 Å². The van der Waals surface area contributed by atoms with Gasteiger partial charge in [-0.3, -0.25) is 4.79 Å². The molecule has 0 unspecified atom stereocenters. The predicted molar refractivity (Wildman–Crippen MR) is 178 cm³/mol. The number of hydrogen-bond acceptors (Lipinski definition) is 8.